The molecule has 0 spiro atoms. The smallest absolute Gasteiger partial charge is 0.352 e. The second-order valence-electron chi connectivity index (χ2n) is 12.2. The van der Waals surface area contributed by atoms with Crippen LogP contribution in [-0.4, -0.2) is 67.7 Å². The van der Waals surface area contributed by atoms with Gasteiger partial charge in [-0.2, -0.15) is 5.26 Å². The lowest BCUT2D eigenvalue weighted by Crippen LogP contribution is -2.71. The van der Waals surface area contributed by atoms with Gasteiger partial charge in [0.05, 0.1) is 6.10 Å². The van der Waals surface area contributed by atoms with Crippen molar-refractivity contribution in [3.63, 3.8) is 0 Å². The summed E-state index contributed by atoms with van der Waals surface area (Å²) in [7, 11) is -3.64. The highest BCUT2D eigenvalue weighted by Gasteiger charge is 2.78. The van der Waals surface area contributed by atoms with Crippen molar-refractivity contribution in [2.45, 2.75) is 67.8 Å². The summed E-state index contributed by atoms with van der Waals surface area (Å²) in [5.41, 5.74) is -7.71. The quantitative estimate of drug-likeness (QED) is 0.485. The normalized spacial score (nSPS) is 40.7. The highest BCUT2D eigenvalue weighted by Crippen LogP contribution is 2.71. The first-order valence-corrected chi connectivity index (χ1v) is 16.2. The van der Waals surface area contributed by atoms with Crippen molar-refractivity contribution < 1.29 is 46.2 Å². The number of ketones is 1. The van der Waals surface area contributed by atoms with Crippen LogP contribution in [0.4, 0.5) is 8.78 Å². The number of nitriles is 1. The third-order valence-corrected chi connectivity index (χ3v) is 13.0. The van der Waals surface area contributed by atoms with Gasteiger partial charge in [0, 0.05) is 28.9 Å². The van der Waals surface area contributed by atoms with Crippen molar-refractivity contribution in [2.75, 3.05) is 12.9 Å². The molecule has 3 fully saturated rings. The fourth-order valence-corrected chi connectivity index (χ4v) is 10.1. The molecule has 0 aliphatic heterocycles. The van der Waals surface area contributed by atoms with E-state index in [4.69, 9.17) is 14.7 Å². The first-order chi connectivity index (χ1) is 19.5. The van der Waals surface area contributed by atoms with Gasteiger partial charge in [-0.05, 0) is 62.0 Å². The van der Waals surface area contributed by atoms with Crippen LogP contribution >= 0.6 is 11.3 Å². The van der Waals surface area contributed by atoms with Crippen LogP contribution in [-0.2, 0) is 28.9 Å². The Morgan fingerprint density at radius 1 is 1.24 bits per heavy atom. The molecule has 3 saturated carbocycles. The fourth-order valence-electron chi connectivity index (χ4n) is 8.25. The van der Waals surface area contributed by atoms with Crippen LogP contribution in [0.15, 0.2) is 40.1 Å². The molecule has 0 unspecified atom stereocenters. The maximum absolute atomic E-state index is 17.5. The van der Waals surface area contributed by atoms with Crippen molar-refractivity contribution in [3.05, 3.63) is 40.8 Å². The number of fused-ring (bicyclic) bond motifs is 5. The molecule has 4 aliphatic rings. The molecule has 0 bridgehead atoms. The number of allylic oxidation sites excluding steroid dienone is 4. The second-order valence-corrected chi connectivity index (χ2v) is 15.6. The van der Waals surface area contributed by atoms with Gasteiger partial charge in [-0.25, -0.2) is 26.8 Å². The average molecular weight is 624 g/mol. The minimum atomic E-state index is -3.64. The highest BCUT2D eigenvalue weighted by molar-refractivity contribution is 7.92. The molecule has 1 aromatic rings. The van der Waals surface area contributed by atoms with Crippen LogP contribution in [0.1, 0.15) is 49.7 Å². The van der Waals surface area contributed by atoms with Crippen LogP contribution in [0.5, 0.6) is 0 Å². The summed E-state index contributed by atoms with van der Waals surface area (Å²) >= 11 is 0.652. The molecule has 1 N–H and O–H groups in total. The Morgan fingerprint density at radius 3 is 2.55 bits per heavy atom. The molecule has 0 amide bonds. The number of thiophene rings is 1. The molecular formula is C29H31F2NO8S2. The first-order valence-electron chi connectivity index (χ1n) is 13.5. The summed E-state index contributed by atoms with van der Waals surface area (Å²) in [4.78, 5) is 39.3. The summed E-state index contributed by atoms with van der Waals surface area (Å²) in [6, 6.07) is 4.19. The zero-order valence-corrected chi connectivity index (χ0v) is 25.1. The Kier molecular flexibility index (Phi) is 7.11. The molecule has 4 aliphatic carbocycles. The van der Waals surface area contributed by atoms with Gasteiger partial charge >= 0.3 is 11.9 Å². The molecule has 0 saturated heterocycles. The van der Waals surface area contributed by atoms with E-state index >= 15 is 8.78 Å². The molecule has 0 aromatic carbocycles. The van der Waals surface area contributed by atoms with Gasteiger partial charge in [-0.15, -0.1) is 11.3 Å². The second kappa shape index (κ2) is 9.79. The van der Waals surface area contributed by atoms with Crippen molar-refractivity contribution in [1.29, 1.82) is 5.26 Å². The molecule has 1 heterocycles. The van der Waals surface area contributed by atoms with E-state index in [-0.39, 0.29) is 33.9 Å². The molecule has 13 heteroatoms. The molecular weight excluding hydrogens is 592 g/mol. The summed E-state index contributed by atoms with van der Waals surface area (Å²) in [5.74, 6) is -5.32. The Bertz CT molecular complexity index is 1580. The average Bonchev–Trinajstić information content (AvgIpc) is 3.49. The number of rotatable bonds is 5. The number of ether oxygens (including phenoxy) is 2. The van der Waals surface area contributed by atoms with Gasteiger partial charge in [0.2, 0.25) is 5.60 Å². The van der Waals surface area contributed by atoms with Crippen molar-refractivity contribution in [2.24, 2.45) is 28.6 Å². The van der Waals surface area contributed by atoms with Crippen molar-refractivity contribution >= 4 is 38.9 Å². The Hall–Kier alpha value is -2.95. The van der Waals surface area contributed by atoms with E-state index < -0.39 is 86.3 Å². The van der Waals surface area contributed by atoms with E-state index in [2.05, 4.69) is 0 Å². The number of sulfone groups is 1. The minimum absolute atomic E-state index is 0.0482. The van der Waals surface area contributed by atoms with E-state index in [0.29, 0.717) is 11.3 Å². The number of carbonyl (C=O) groups excluding carboxylic acids is 3. The zero-order valence-electron chi connectivity index (χ0n) is 23.4. The third kappa shape index (κ3) is 3.98. The summed E-state index contributed by atoms with van der Waals surface area (Å²) < 4.78 is 68.4. The fraction of sp³-hybridized carbons (Fsp3) is 0.586. The Labute approximate surface area is 246 Å². The number of aliphatic hydroxyl groups is 1. The topological polar surface area (TPSA) is 148 Å². The van der Waals surface area contributed by atoms with E-state index in [9.17, 15) is 27.9 Å². The van der Waals surface area contributed by atoms with Gasteiger partial charge in [0.25, 0.3) is 0 Å². The first kappa shape index (κ1) is 30.5. The predicted octanol–water partition coefficient (Wildman–Crippen LogP) is 3.68. The van der Waals surface area contributed by atoms with E-state index in [0.717, 1.165) is 18.4 Å². The van der Waals surface area contributed by atoms with Crippen LogP contribution in [0.3, 0.4) is 0 Å². The number of hydrogen-bond acceptors (Lipinski definition) is 10. The number of nitrogens with zero attached hydrogens (tertiary/aromatic N) is 1. The highest BCUT2D eigenvalue weighted by atomic mass is 32.2. The number of aliphatic hydroxyl groups excluding tert-OH is 1. The number of alkyl halides is 2. The molecule has 9 atom stereocenters. The lowest BCUT2D eigenvalue weighted by Gasteiger charge is -2.63. The van der Waals surface area contributed by atoms with Gasteiger partial charge in [-0.1, -0.05) is 19.9 Å². The molecule has 226 valence electrons. The number of esters is 2. The molecule has 42 heavy (non-hydrogen) atoms. The maximum Gasteiger partial charge on any atom is 0.352 e. The summed E-state index contributed by atoms with van der Waals surface area (Å²) in [5, 5.41) is 20.7. The van der Waals surface area contributed by atoms with Gasteiger partial charge in [-0.3, -0.25) is 4.79 Å². The SMILES string of the molecule is C[C@@H]1C[C@H]2[C@@H]3C[C@H](F)C4=CC(=O)C=C[C@]4(C)[C@@]3(F)[C@H](O)C[C@]2(C)[C@@]1(OC(=O)c1ccc(S(C)(=O)=O)s1)C(=O)OCC#N. The van der Waals surface area contributed by atoms with Crippen LogP contribution in [0.2, 0.25) is 0 Å². The largest absolute Gasteiger partial charge is 0.447 e. The van der Waals surface area contributed by atoms with E-state index in [1.807, 2.05) is 0 Å². The van der Waals surface area contributed by atoms with Crippen molar-refractivity contribution in [1.82, 2.24) is 0 Å². The molecule has 0 radical (unpaired) electrons. The monoisotopic (exact) mass is 623 g/mol. The third-order valence-electron chi connectivity index (χ3n) is 10.1. The lowest BCUT2D eigenvalue weighted by atomic mass is 9.44. The van der Waals surface area contributed by atoms with E-state index in [1.165, 1.54) is 25.1 Å². The standard InChI is InChI=1S/C29H31F2NO8S2/c1-15-11-17-18-13-20(30)19-12-16(33)7-8-26(19,2)28(18,31)22(34)14-27(17,3)29(15,25(36)39-10-9-32)40-24(35)21-5-6-23(41-21)42(4,37)38/h5-8,12,15,17-18,20,22,34H,10-11,13-14H2,1-4H3/t15-,17+,18+,20+,22-,26+,27+,28+,29+/m1/s1. The van der Waals surface area contributed by atoms with Crippen LogP contribution in [0, 0.1) is 39.9 Å². The molecule has 5 rings (SSSR count). The van der Waals surface area contributed by atoms with Crippen LogP contribution < -0.4 is 0 Å². The van der Waals surface area contributed by atoms with Gasteiger partial charge in [0.1, 0.15) is 21.3 Å². The predicted molar refractivity (Wildman–Crippen MR) is 145 cm³/mol. The minimum Gasteiger partial charge on any atom is -0.447 e. The summed E-state index contributed by atoms with van der Waals surface area (Å²) in [6.45, 7) is 3.96. The maximum atomic E-state index is 17.5. The number of carbonyl (C=O) groups is 3. The number of hydrogen-bond donors (Lipinski definition) is 1. The van der Waals surface area contributed by atoms with E-state index in [1.54, 1.807) is 19.9 Å². The number of halogens is 2. The lowest BCUT2D eigenvalue weighted by molar-refractivity contribution is -0.230. The summed E-state index contributed by atoms with van der Waals surface area (Å²) in [6.07, 6.45) is 0.391. The van der Waals surface area contributed by atoms with Gasteiger partial charge < -0.3 is 14.6 Å². The Morgan fingerprint density at radius 2 is 1.93 bits per heavy atom. The molecule has 9 nitrogen and oxygen atoms in total. The Balaban J connectivity index is 1.62. The van der Waals surface area contributed by atoms with Crippen molar-refractivity contribution in [3.8, 4) is 6.07 Å². The molecule has 1 aromatic heterocycles. The zero-order chi connectivity index (χ0) is 31.0. The van der Waals surface area contributed by atoms with Gasteiger partial charge in [0.15, 0.2) is 27.9 Å². The van der Waals surface area contributed by atoms with Crippen LogP contribution in [0.25, 0.3) is 0 Å².